The number of nitrogens with zero attached hydrogens (tertiary/aromatic N) is 3. The second-order valence-electron chi connectivity index (χ2n) is 5.64. The molecule has 3 rings (SSSR count). The maximum Gasteiger partial charge on any atom is 0.272 e. The molecule has 0 aliphatic carbocycles. The van der Waals surface area contributed by atoms with Gasteiger partial charge in [0.05, 0.1) is 12.1 Å². The van der Waals surface area contributed by atoms with E-state index < -0.39 is 0 Å². The number of carbonyl (C=O) groups excluding carboxylic acids is 2. The first-order valence-corrected chi connectivity index (χ1v) is 7.54. The van der Waals surface area contributed by atoms with Crippen LogP contribution in [0.25, 0.3) is 10.9 Å². The number of likely N-dealkylation sites (tertiary alicyclic amines) is 1. The zero-order valence-electron chi connectivity index (χ0n) is 12.7. The van der Waals surface area contributed by atoms with E-state index in [1.54, 1.807) is 13.1 Å². The van der Waals surface area contributed by atoms with Gasteiger partial charge in [-0.1, -0.05) is 24.3 Å². The zero-order valence-corrected chi connectivity index (χ0v) is 12.7. The van der Waals surface area contributed by atoms with E-state index in [2.05, 4.69) is 4.98 Å². The van der Waals surface area contributed by atoms with Crippen molar-refractivity contribution in [3.05, 3.63) is 42.1 Å². The molecule has 0 saturated carbocycles. The molecule has 1 aliphatic rings. The number of likely N-dealkylation sites (N-methyl/N-ethyl adjacent to an activating group) is 1. The van der Waals surface area contributed by atoms with E-state index in [1.807, 2.05) is 35.2 Å². The summed E-state index contributed by atoms with van der Waals surface area (Å²) in [6, 6.07) is 11.3. The van der Waals surface area contributed by atoms with Crippen LogP contribution in [0.4, 0.5) is 0 Å². The molecule has 0 radical (unpaired) electrons. The average Bonchev–Trinajstić information content (AvgIpc) is 3.08. The maximum absolute atomic E-state index is 12.4. The van der Waals surface area contributed by atoms with Gasteiger partial charge in [-0.3, -0.25) is 9.59 Å². The third-order valence-corrected chi connectivity index (χ3v) is 4.00. The zero-order chi connectivity index (χ0) is 15.5. The van der Waals surface area contributed by atoms with Crippen molar-refractivity contribution in [2.45, 2.75) is 12.8 Å². The van der Waals surface area contributed by atoms with Crippen LogP contribution in [0.2, 0.25) is 0 Å². The lowest BCUT2D eigenvalue weighted by Crippen LogP contribution is -2.40. The van der Waals surface area contributed by atoms with Crippen LogP contribution < -0.4 is 0 Å². The standard InChI is InChI=1S/C17H19N3O2/c1-19(12-16(21)20-10-4-5-11-20)17(22)15-9-8-13-6-2-3-7-14(13)18-15/h2-3,6-9H,4-5,10-12H2,1H3. The van der Waals surface area contributed by atoms with Gasteiger partial charge >= 0.3 is 0 Å². The van der Waals surface area contributed by atoms with Crippen LogP contribution in [-0.4, -0.2) is 53.3 Å². The molecular weight excluding hydrogens is 278 g/mol. The monoisotopic (exact) mass is 297 g/mol. The highest BCUT2D eigenvalue weighted by Crippen LogP contribution is 2.13. The summed E-state index contributed by atoms with van der Waals surface area (Å²) in [7, 11) is 1.65. The molecule has 2 heterocycles. The van der Waals surface area contributed by atoms with Crippen LogP contribution in [0.15, 0.2) is 36.4 Å². The Morgan fingerprint density at radius 3 is 2.64 bits per heavy atom. The molecule has 0 bridgehead atoms. The molecule has 1 aromatic carbocycles. The number of fused-ring (bicyclic) bond motifs is 1. The summed E-state index contributed by atoms with van der Waals surface area (Å²) >= 11 is 0. The van der Waals surface area contributed by atoms with Gasteiger partial charge in [0.2, 0.25) is 5.91 Å². The van der Waals surface area contributed by atoms with E-state index in [-0.39, 0.29) is 18.4 Å². The van der Waals surface area contributed by atoms with Gasteiger partial charge in [0.25, 0.3) is 5.91 Å². The van der Waals surface area contributed by atoms with Gasteiger partial charge in [-0.2, -0.15) is 0 Å². The summed E-state index contributed by atoms with van der Waals surface area (Å²) < 4.78 is 0. The van der Waals surface area contributed by atoms with Crippen LogP contribution >= 0.6 is 0 Å². The number of amides is 2. The summed E-state index contributed by atoms with van der Waals surface area (Å²) in [6.45, 7) is 1.71. The Bertz CT molecular complexity index is 708. The van der Waals surface area contributed by atoms with Gasteiger partial charge in [0, 0.05) is 25.5 Å². The first-order valence-electron chi connectivity index (χ1n) is 7.54. The molecule has 1 saturated heterocycles. The molecule has 0 N–H and O–H groups in total. The molecule has 1 aliphatic heterocycles. The van der Waals surface area contributed by atoms with E-state index in [4.69, 9.17) is 0 Å². The van der Waals surface area contributed by atoms with Crippen molar-refractivity contribution in [1.29, 1.82) is 0 Å². The molecule has 1 fully saturated rings. The number of pyridine rings is 1. The first-order chi connectivity index (χ1) is 10.6. The smallest absolute Gasteiger partial charge is 0.272 e. The second kappa shape index (κ2) is 6.13. The molecule has 0 spiro atoms. The average molecular weight is 297 g/mol. The fraction of sp³-hybridized carbons (Fsp3) is 0.353. The first kappa shape index (κ1) is 14.5. The molecule has 0 unspecified atom stereocenters. The van der Waals surface area contributed by atoms with E-state index in [0.717, 1.165) is 36.8 Å². The normalized spacial score (nSPS) is 14.3. The number of para-hydroxylation sites is 1. The van der Waals surface area contributed by atoms with Crippen molar-refractivity contribution < 1.29 is 9.59 Å². The lowest BCUT2D eigenvalue weighted by atomic mass is 10.2. The quantitative estimate of drug-likeness (QED) is 0.870. The lowest BCUT2D eigenvalue weighted by molar-refractivity contribution is -0.130. The minimum Gasteiger partial charge on any atom is -0.341 e. The van der Waals surface area contributed by atoms with Crippen molar-refractivity contribution in [1.82, 2.24) is 14.8 Å². The van der Waals surface area contributed by atoms with E-state index in [1.165, 1.54) is 4.90 Å². The summed E-state index contributed by atoms with van der Waals surface area (Å²) in [5, 5.41) is 0.995. The van der Waals surface area contributed by atoms with Crippen LogP contribution in [0.5, 0.6) is 0 Å². The van der Waals surface area contributed by atoms with Gasteiger partial charge in [-0.05, 0) is 25.0 Å². The minimum absolute atomic E-state index is 0.00846. The fourth-order valence-corrected chi connectivity index (χ4v) is 2.72. The molecule has 22 heavy (non-hydrogen) atoms. The number of carbonyl (C=O) groups is 2. The van der Waals surface area contributed by atoms with Crippen LogP contribution in [0.3, 0.4) is 0 Å². The highest BCUT2D eigenvalue weighted by atomic mass is 16.2. The molecule has 114 valence electrons. The van der Waals surface area contributed by atoms with Crippen molar-refractivity contribution in [2.24, 2.45) is 0 Å². The summed E-state index contributed by atoms with van der Waals surface area (Å²) in [5.74, 6) is -0.215. The predicted molar refractivity (Wildman–Crippen MR) is 84.5 cm³/mol. The van der Waals surface area contributed by atoms with Gasteiger partial charge in [0.1, 0.15) is 5.69 Å². The minimum atomic E-state index is -0.224. The van der Waals surface area contributed by atoms with Gasteiger partial charge in [-0.25, -0.2) is 4.98 Å². The second-order valence-corrected chi connectivity index (χ2v) is 5.64. The molecule has 5 nitrogen and oxygen atoms in total. The van der Waals surface area contributed by atoms with E-state index in [0.29, 0.717) is 5.69 Å². The molecule has 0 atom stereocenters. The number of benzene rings is 1. The number of rotatable bonds is 3. The Labute approximate surface area is 129 Å². The summed E-state index contributed by atoms with van der Waals surface area (Å²) in [6.07, 6.45) is 2.10. The Kier molecular flexibility index (Phi) is 4.04. The number of hydrogen-bond acceptors (Lipinski definition) is 3. The third kappa shape index (κ3) is 2.93. The SMILES string of the molecule is CN(CC(=O)N1CCCC1)C(=O)c1ccc2ccccc2n1. The van der Waals surface area contributed by atoms with E-state index in [9.17, 15) is 9.59 Å². The van der Waals surface area contributed by atoms with Gasteiger partial charge < -0.3 is 9.80 Å². The van der Waals surface area contributed by atoms with Crippen molar-refractivity contribution in [3.63, 3.8) is 0 Å². The number of aromatic nitrogens is 1. The third-order valence-electron chi connectivity index (χ3n) is 4.00. The lowest BCUT2D eigenvalue weighted by Gasteiger charge is -2.21. The Balaban J connectivity index is 1.72. The molecule has 5 heteroatoms. The van der Waals surface area contributed by atoms with Crippen LogP contribution in [-0.2, 0) is 4.79 Å². The van der Waals surface area contributed by atoms with Gasteiger partial charge in [-0.15, -0.1) is 0 Å². The van der Waals surface area contributed by atoms with Crippen molar-refractivity contribution >= 4 is 22.7 Å². The summed E-state index contributed by atoms with van der Waals surface area (Å²) in [4.78, 5) is 32.2. The highest BCUT2D eigenvalue weighted by Gasteiger charge is 2.22. The fourth-order valence-electron chi connectivity index (χ4n) is 2.72. The van der Waals surface area contributed by atoms with E-state index >= 15 is 0 Å². The highest BCUT2D eigenvalue weighted by molar-refractivity contribution is 5.96. The Morgan fingerprint density at radius 1 is 1.14 bits per heavy atom. The molecule has 1 aromatic heterocycles. The van der Waals surface area contributed by atoms with Crippen molar-refractivity contribution in [3.8, 4) is 0 Å². The largest absolute Gasteiger partial charge is 0.341 e. The Hall–Kier alpha value is -2.43. The van der Waals surface area contributed by atoms with Crippen LogP contribution in [0.1, 0.15) is 23.3 Å². The summed E-state index contributed by atoms with van der Waals surface area (Å²) in [5.41, 5.74) is 1.16. The molecular formula is C17H19N3O2. The molecule has 2 amide bonds. The maximum atomic E-state index is 12.4. The molecule has 2 aromatic rings. The van der Waals surface area contributed by atoms with Crippen LogP contribution in [0, 0.1) is 0 Å². The Morgan fingerprint density at radius 2 is 1.86 bits per heavy atom. The number of hydrogen-bond donors (Lipinski definition) is 0. The van der Waals surface area contributed by atoms with Crippen molar-refractivity contribution in [2.75, 3.05) is 26.7 Å². The topological polar surface area (TPSA) is 53.5 Å². The predicted octanol–water partition coefficient (Wildman–Crippen LogP) is 1.93. The van der Waals surface area contributed by atoms with Gasteiger partial charge in [0.15, 0.2) is 0 Å².